The highest BCUT2D eigenvalue weighted by Crippen LogP contribution is 2.37. The van der Waals surface area contributed by atoms with E-state index in [-0.39, 0.29) is 12.5 Å². The van der Waals surface area contributed by atoms with E-state index in [4.69, 9.17) is 4.74 Å². The summed E-state index contributed by atoms with van der Waals surface area (Å²) in [4.78, 5) is 28.0. The van der Waals surface area contributed by atoms with Gasteiger partial charge in [0.05, 0.1) is 25.5 Å². The molecule has 1 N–H and O–H groups in total. The lowest BCUT2D eigenvalue weighted by Crippen LogP contribution is -2.50. The second kappa shape index (κ2) is 8.89. The molecule has 1 aliphatic carbocycles. The number of thiophene rings is 1. The summed E-state index contributed by atoms with van der Waals surface area (Å²) in [6.07, 6.45) is 6.22. The van der Waals surface area contributed by atoms with E-state index >= 15 is 0 Å². The van der Waals surface area contributed by atoms with Gasteiger partial charge in [-0.3, -0.25) is 9.69 Å². The van der Waals surface area contributed by atoms with Crippen molar-refractivity contribution < 1.29 is 22.7 Å². The number of piperazine rings is 1. The first-order chi connectivity index (χ1) is 13.3. The maximum Gasteiger partial charge on any atom is 0.341 e. The minimum absolute atomic E-state index is 0.167. The second-order valence-corrected chi connectivity index (χ2v) is 10.3. The smallest absolute Gasteiger partial charge is 0.341 e. The van der Waals surface area contributed by atoms with Gasteiger partial charge in [0.1, 0.15) is 5.00 Å². The van der Waals surface area contributed by atoms with Crippen LogP contribution in [0.15, 0.2) is 0 Å². The Morgan fingerprint density at radius 1 is 1.11 bits per heavy atom. The van der Waals surface area contributed by atoms with E-state index in [0.29, 0.717) is 36.7 Å². The monoisotopic (exact) mass is 429 g/mol. The topological polar surface area (TPSA) is 96.0 Å². The third-order valence-electron chi connectivity index (χ3n) is 5.23. The number of hydrogen-bond donors (Lipinski definition) is 1. The summed E-state index contributed by atoms with van der Waals surface area (Å²) >= 11 is 1.47. The fraction of sp³-hybridized carbons (Fsp3) is 0.667. The van der Waals surface area contributed by atoms with Gasteiger partial charge in [-0.15, -0.1) is 11.3 Å². The normalized spacial score (nSPS) is 18.9. The van der Waals surface area contributed by atoms with Crippen LogP contribution in [0.2, 0.25) is 0 Å². The van der Waals surface area contributed by atoms with Crippen LogP contribution in [0.5, 0.6) is 0 Å². The number of esters is 1. The van der Waals surface area contributed by atoms with Crippen molar-refractivity contribution in [3.05, 3.63) is 16.0 Å². The molecule has 1 aromatic heterocycles. The number of ether oxygens (including phenoxy) is 1. The first-order valence-corrected chi connectivity index (χ1v) is 12.2. The second-order valence-electron chi connectivity index (χ2n) is 7.25. The zero-order chi connectivity index (χ0) is 20.3. The molecule has 3 rings (SSSR count). The van der Waals surface area contributed by atoms with Gasteiger partial charge in [-0.1, -0.05) is 6.42 Å². The highest BCUT2D eigenvalue weighted by atomic mass is 32.2. The Kier molecular flexibility index (Phi) is 6.74. The van der Waals surface area contributed by atoms with E-state index in [1.54, 1.807) is 0 Å². The largest absolute Gasteiger partial charge is 0.465 e. The van der Waals surface area contributed by atoms with Crippen molar-refractivity contribution in [1.29, 1.82) is 0 Å². The molecule has 1 aliphatic heterocycles. The van der Waals surface area contributed by atoms with Gasteiger partial charge in [0, 0.05) is 31.1 Å². The maximum absolute atomic E-state index is 12.6. The fourth-order valence-electron chi connectivity index (χ4n) is 3.74. The average Bonchev–Trinajstić information content (AvgIpc) is 2.81. The minimum Gasteiger partial charge on any atom is -0.465 e. The molecule has 1 amide bonds. The summed E-state index contributed by atoms with van der Waals surface area (Å²) in [5, 5.41) is 3.47. The Hall–Kier alpha value is -1.49. The van der Waals surface area contributed by atoms with E-state index in [2.05, 4.69) is 5.32 Å². The number of rotatable bonds is 5. The lowest BCUT2D eigenvalue weighted by Gasteiger charge is -2.32. The molecule has 156 valence electrons. The van der Waals surface area contributed by atoms with E-state index in [9.17, 15) is 18.0 Å². The number of anilines is 1. The molecule has 2 heterocycles. The van der Waals surface area contributed by atoms with E-state index in [1.807, 2.05) is 4.90 Å². The molecule has 1 aromatic rings. The lowest BCUT2D eigenvalue weighted by molar-refractivity contribution is -0.117. The molecule has 0 unspecified atom stereocenters. The van der Waals surface area contributed by atoms with Crippen LogP contribution >= 0.6 is 11.3 Å². The third kappa shape index (κ3) is 4.91. The molecule has 1 saturated heterocycles. The van der Waals surface area contributed by atoms with Gasteiger partial charge in [0.15, 0.2) is 0 Å². The molecule has 0 bridgehead atoms. The van der Waals surface area contributed by atoms with Crippen LogP contribution in [-0.4, -0.2) is 75.6 Å². The third-order valence-corrected chi connectivity index (χ3v) is 7.74. The summed E-state index contributed by atoms with van der Waals surface area (Å²) in [6.45, 7) is 1.94. The van der Waals surface area contributed by atoms with Gasteiger partial charge in [-0.05, 0) is 31.2 Å². The van der Waals surface area contributed by atoms with Crippen molar-refractivity contribution in [2.45, 2.75) is 32.1 Å². The number of nitrogens with one attached hydrogen (secondary N) is 1. The first-order valence-electron chi connectivity index (χ1n) is 9.49. The molecule has 0 radical (unpaired) electrons. The zero-order valence-corrected chi connectivity index (χ0v) is 18.0. The highest BCUT2D eigenvalue weighted by Gasteiger charge is 2.28. The quantitative estimate of drug-likeness (QED) is 0.560. The van der Waals surface area contributed by atoms with Gasteiger partial charge < -0.3 is 10.1 Å². The van der Waals surface area contributed by atoms with Crippen molar-refractivity contribution in [3.8, 4) is 0 Å². The summed E-state index contributed by atoms with van der Waals surface area (Å²) in [5.41, 5.74) is 1.52. The first kappa shape index (κ1) is 21.2. The number of hydrogen-bond acceptors (Lipinski definition) is 7. The SMILES string of the molecule is COC(=O)c1c(NC(=O)CN2CCN(S(C)(=O)=O)CC2)sc2c1CCCCC2. The maximum atomic E-state index is 12.6. The standard InChI is InChI=1S/C18H27N3O5S2/c1-26-18(23)16-13-6-4-3-5-7-14(13)27-17(16)19-15(22)12-20-8-10-21(11-9-20)28(2,24)25/h3-12H2,1-2H3,(H,19,22). The summed E-state index contributed by atoms with van der Waals surface area (Å²) in [5.74, 6) is -0.606. The summed E-state index contributed by atoms with van der Waals surface area (Å²) in [7, 11) is -1.84. The lowest BCUT2D eigenvalue weighted by atomic mass is 10.1. The number of carbonyl (C=O) groups is 2. The molecule has 0 aromatic carbocycles. The molecular formula is C18H27N3O5S2. The number of sulfonamides is 1. The van der Waals surface area contributed by atoms with Crippen LogP contribution < -0.4 is 5.32 Å². The summed E-state index contributed by atoms with van der Waals surface area (Å²) < 4.78 is 29.6. The van der Waals surface area contributed by atoms with Crippen LogP contribution in [0.1, 0.15) is 40.1 Å². The van der Waals surface area contributed by atoms with Crippen molar-refractivity contribution in [3.63, 3.8) is 0 Å². The molecular weight excluding hydrogens is 402 g/mol. The predicted octanol–water partition coefficient (Wildman–Crippen LogP) is 1.32. The van der Waals surface area contributed by atoms with Crippen molar-refractivity contribution in [2.75, 3.05) is 51.4 Å². The molecule has 10 heteroatoms. The average molecular weight is 430 g/mol. The van der Waals surface area contributed by atoms with Gasteiger partial charge in [-0.25, -0.2) is 13.2 Å². The van der Waals surface area contributed by atoms with Gasteiger partial charge >= 0.3 is 5.97 Å². The molecule has 0 atom stereocenters. The van der Waals surface area contributed by atoms with Crippen LogP contribution in [0.25, 0.3) is 0 Å². The molecule has 1 fully saturated rings. The van der Waals surface area contributed by atoms with E-state index in [0.717, 1.165) is 42.5 Å². The fourth-order valence-corrected chi connectivity index (χ4v) is 5.86. The summed E-state index contributed by atoms with van der Waals surface area (Å²) in [6, 6.07) is 0. The number of aryl methyl sites for hydroxylation is 1. The van der Waals surface area contributed by atoms with Crippen LogP contribution in [0, 0.1) is 0 Å². The van der Waals surface area contributed by atoms with Gasteiger partial charge in [0.25, 0.3) is 0 Å². The van der Waals surface area contributed by atoms with Crippen LogP contribution in [-0.2, 0) is 32.4 Å². The Morgan fingerprint density at radius 2 is 1.79 bits per heavy atom. The number of methoxy groups -OCH3 is 1. The number of nitrogens with zero attached hydrogens (tertiary/aromatic N) is 2. The Morgan fingerprint density at radius 3 is 2.43 bits per heavy atom. The van der Waals surface area contributed by atoms with E-state index in [1.165, 1.54) is 29.0 Å². The Bertz CT molecular complexity index is 842. The van der Waals surface area contributed by atoms with Crippen molar-refractivity contribution >= 4 is 38.2 Å². The van der Waals surface area contributed by atoms with Crippen molar-refractivity contribution in [1.82, 2.24) is 9.21 Å². The molecule has 0 spiro atoms. The van der Waals surface area contributed by atoms with E-state index < -0.39 is 16.0 Å². The molecule has 8 nitrogen and oxygen atoms in total. The predicted molar refractivity (Wildman–Crippen MR) is 108 cm³/mol. The Balaban J connectivity index is 1.67. The van der Waals surface area contributed by atoms with Gasteiger partial charge in [-0.2, -0.15) is 4.31 Å². The molecule has 2 aliphatic rings. The van der Waals surface area contributed by atoms with Crippen LogP contribution in [0.3, 0.4) is 0 Å². The number of amides is 1. The molecule has 28 heavy (non-hydrogen) atoms. The Labute approximate surface area is 169 Å². The van der Waals surface area contributed by atoms with Gasteiger partial charge in [0.2, 0.25) is 15.9 Å². The minimum atomic E-state index is -3.19. The number of fused-ring (bicyclic) bond motifs is 1. The highest BCUT2D eigenvalue weighted by molar-refractivity contribution is 7.88. The van der Waals surface area contributed by atoms with Crippen molar-refractivity contribution in [2.24, 2.45) is 0 Å². The number of carbonyl (C=O) groups excluding carboxylic acids is 2. The van der Waals surface area contributed by atoms with Crippen LogP contribution in [0.4, 0.5) is 5.00 Å². The molecule has 0 saturated carbocycles. The zero-order valence-electron chi connectivity index (χ0n) is 16.3.